The van der Waals surface area contributed by atoms with E-state index in [0.717, 1.165) is 26.7 Å². The van der Waals surface area contributed by atoms with Gasteiger partial charge in [0.25, 0.3) is 10.0 Å². The van der Waals surface area contributed by atoms with Gasteiger partial charge in [-0.3, -0.25) is 13.9 Å². The molecule has 0 aliphatic heterocycles. The average Bonchev–Trinajstić information content (AvgIpc) is 2.95. The predicted octanol–water partition coefficient (Wildman–Crippen LogP) is 4.90. The Labute approximate surface area is 236 Å². The third-order valence-corrected chi connectivity index (χ3v) is 8.98. The number of nitrogens with one attached hydrogen (secondary N) is 1. The van der Waals surface area contributed by atoms with Crippen molar-refractivity contribution >= 4 is 39.3 Å². The molecule has 39 heavy (non-hydrogen) atoms. The van der Waals surface area contributed by atoms with Crippen LogP contribution in [0.3, 0.4) is 0 Å². The molecular formula is C30H37N3O4S2. The Balaban J connectivity index is 1.96. The first-order valence-electron chi connectivity index (χ1n) is 13.0. The zero-order valence-electron chi connectivity index (χ0n) is 23.0. The standard InChI is InChI=1S/C30H37N3O4S2/c1-5-20-31-30(35)24(3)32(21-19-25-9-7-6-8-10-25)29(34)22-33(26-13-11-23(2)12-14-26)39(36,37)28-17-15-27(38-4)16-18-28/h6-18,24H,5,19-22H2,1-4H3,(H,31,35)/t24-/m0/s1. The lowest BCUT2D eigenvalue weighted by Crippen LogP contribution is -2.52. The number of thioether (sulfide) groups is 1. The van der Waals surface area contributed by atoms with Crippen molar-refractivity contribution < 1.29 is 18.0 Å². The fourth-order valence-electron chi connectivity index (χ4n) is 4.08. The molecule has 0 heterocycles. The number of benzene rings is 3. The number of hydrogen-bond donors (Lipinski definition) is 1. The molecule has 0 radical (unpaired) electrons. The number of hydrogen-bond acceptors (Lipinski definition) is 5. The highest BCUT2D eigenvalue weighted by Crippen LogP contribution is 2.26. The number of rotatable bonds is 13. The predicted molar refractivity (Wildman–Crippen MR) is 159 cm³/mol. The van der Waals surface area contributed by atoms with Gasteiger partial charge in [0.05, 0.1) is 10.6 Å². The van der Waals surface area contributed by atoms with E-state index >= 15 is 0 Å². The highest BCUT2D eigenvalue weighted by Gasteiger charge is 2.32. The molecule has 0 saturated carbocycles. The largest absolute Gasteiger partial charge is 0.354 e. The minimum Gasteiger partial charge on any atom is -0.354 e. The van der Waals surface area contributed by atoms with Gasteiger partial charge < -0.3 is 10.2 Å². The number of anilines is 1. The molecule has 0 saturated heterocycles. The van der Waals surface area contributed by atoms with Gasteiger partial charge in [-0.05, 0) is 74.9 Å². The maximum absolute atomic E-state index is 13.9. The lowest BCUT2D eigenvalue weighted by atomic mass is 10.1. The Kier molecular flexibility index (Phi) is 11.0. The maximum atomic E-state index is 13.9. The quantitative estimate of drug-likeness (QED) is 0.297. The maximum Gasteiger partial charge on any atom is 0.264 e. The monoisotopic (exact) mass is 567 g/mol. The van der Waals surface area contributed by atoms with Crippen molar-refractivity contribution in [1.29, 1.82) is 0 Å². The zero-order valence-corrected chi connectivity index (χ0v) is 24.6. The van der Waals surface area contributed by atoms with E-state index in [-0.39, 0.29) is 17.3 Å². The van der Waals surface area contributed by atoms with E-state index in [2.05, 4.69) is 5.32 Å². The Hall–Kier alpha value is -3.30. The van der Waals surface area contributed by atoms with Crippen molar-refractivity contribution in [2.75, 3.05) is 30.2 Å². The molecular weight excluding hydrogens is 530 g/mol. The third-order valence-electron chi connectivity index (χ3n) is 6.45. The summed E-state index contributed by atoms with van der Waals surface area (Å²) in [5.41, 5.74) is 2.37. The molecule has 0 bridgehead atoms. The molecule has 3 aromatic carbocycles. The number of amides is 2. The first kappa shape index (κ1) is 30.2. The van der Waals surface area contributed by atoms with Crippen LogP contribution in [-0.2, 0) is 26.0 Å². The second-order valence-electron chi connectivity index (χ2n) is 9.31. The van der Waals surface area contributed by atoms with Gasteiger partial charge in [0.1, 0.15) is 12.6 Å². The van der Waals surface area contributed by atoms with Gasteiger partial charge in [-0.15, -0.1) is 11.8 Å². The van der Waals surface area contributed by atoms with Crippen molar-refractivity contribution in [3.63, 3.8) is 0 Å². The number of carbonyl (C=O) groups excluding carboxylic acids is 2. The highest BCUT2D eigenvalue weighted by atomic mass is 32.2. The summed E-state index contributed by atoms with van der Waals surface area (Å²) in [7, 11) is -4.07. The second kappa shape index (κ2) is 14.2. The molecule has 0 aliphatic rings. The van der Waals surface area contributed by atoms with Crippen LogP contribution >= 0.6 is 11.8 Å². The van der Waals surface area contributed by atoms with Crippen molar-refractivity contribution in [1.82, 2.24) is 10.2 Å². The summed E-state index contributed by atoms with van der Waals surface area (Å²) in [5, 5.41) is 2.86. The molecule has 0 fully saturated rings. The van der Waals surface area contributed by atoms with Gasteiger partial charge in [-0.2, -0.15) is 0 Å². The van der Waals surface area contributed by atoms with Gasteiger partial charge >= 0.3 is 0 Å². The van der Waals surface area contributed by atoms with Gasteiger partial charge in [0.15, 0.2) is 0 Å². The fraction of sp³-hybridized carbons (Fsp3) is 0.333. The van der Waals surface area contributed by atoms with Crippen LogP contribution in [0, 0.1) is 6.92 Å². The highest BCUT2D eigenvalue weighted by molar-refractivity contribution is 7.98. The molecule has 0 aliphatic carbocycles. The molecule has 208 valence electrons. The molecule has 7 nitrogen and oxygen atoms in total. The van der Waals surface area contributed by atoms with Crippen LogP contribution in [0.1, 0.15) is 31.4 Å². The van der Waals surface area contributed by atoms with Gasteiger partial charge in [0, 0.05) is 18.0 Å². The molecule has 0 spiro atoms. The summed E-state index contributed by atoms with van der Waals surface area (Å²) < 4.78 is 28.9. The molecule has 3 aromatic rings. The smallest absolute Gasteiger partial charge is 0.264 e. The van der Waals surface area contributed by atoms with E-state index in [9.17, 15) is 18.0 Å². The van der Waals surface area contributed by atoms with Crippen LogP contribution < -0.4 is 9.62 Å². The summed E-state index contributed by atoms with van der Waals surface area (Å²) in [5.74, 6) is -0.717. The molecule has 2 amide bonds. The summed E-state index contributed by atoms with van der Waals surface area (Å²) in [6, 6.07) is 22.6. The molecule has 1 N–H and O–H groups in total. The Morgan fingerprint density at radius 1 is 0.949 bits per heavy atom. The van der Waals surface area contributed by atoms with E-state index < -0.39 is 28.5 Å². The van der Waals surface area contributed by atoms with Crippen LogP contribution in [0.2, 0.25) is 0 Å². The van der Waals surface area contributed by atoms with Crippen LogP contribution in [0.15, 0.2) is 88.7 Å². The molecule has 1 atom stereocenters. The van der Waals surface area contributed by atoms with E-state index in [1.165, 1.54) is 16.7 Å². The molecule has 0 unspecified atom stereocenters. The molecule has 3 rings (SSSR count). The minimum atomic E-state index is -4.07. The van der Waals surface area contributed by atoms with E-state index in [1.54, 1.807) is 43.3 Å². The van der Waals surface area contributed by atoms with Crippen molar-refractivity contribution in [2.45, 2.75) is 49.4 Å². The normalized spacial score (nSPS) is 12.0. The first-order valence-corrected chi connectivity index (χ1v) is 15.7. The summed E-state index contributed by atoms with van der Waals surface area (Å²) >= 11 is 1.52. The molecule has 9 heteroatoms. The van der Waals surface area contributed by atoms with Gasteiger partial charge in [-0.1, -0.05) is 55.0 Å². The Morgan fingerprint density at radius 3 is 2.18 bits per heavy atom. The number of carbonyl (C=O) groups is 2. The summed E-state index contributed by atoms with van der Waals surface area (Å²) in [4.78, 5) is 29.3. The lowest BCUT2D eigenvalue weighted by molar-refractivity contribution is -0.138. The Morgan fingerprint density at radius 2 is 1.59 bits per heavy atom. The van der Waals surface area contributed by atoms with Crippen LogP contribution in [-0.4, -0.2) is 57.1 Å². The lowest BCUT2D eigenvalue weighted by Gasteiger charge is -2.32. The van der Waals surface area contributed by atoms with Gasteiger partial charge in [0.2, 0.25) is 11.8 Å². The number of nitrogens with zero attached hydrogens (tertiary/aromatic N) is 2. The third kappa shape index (κ3) is 8.10. The summed E-state index contributed by atoms with van der Waals surface area (Å²) in [6.07, 6.45) is 3.22. The topological polar surface area (TPSA) is 86.8 Å². The number of aryl methyl sites for hydroxylation is 1. The zero-order chi connectivity index (χ0) is 28.4. The van der Waals surface area contributed by atoms with E-state index in [0.29, 0.717) is 18.7 Å². The number of sulfonamides is 1. The van der Waals surface area contributed by atoms with Crippen LogP contribution in [0.25, 0.3) is 0 Å². The summed E-state index contributed by atoms with van der Waals surface area (Å²) in [6.45, 7) is 5.89. The second-order valence-corrected chi connectivity index (χ2v) is 12.1. The van der Waals surface area contributed by atoms with Crippen molar-refractivity contribution in [3.05, 3.63) is 90.0 Å². The van der Waals surface area contributed by atoms with Crippen molar-refractivity contribution in [3.8, 4) is 0 Å². The molecule has 0 aromatic heterocycles. The van der Waals surface area contributed by atoms with Crippen LogP contribution in [0.4, 0.5) is 5.69 Å². The van der Waals surface area contributed by atoms with Crippen molar-refractivity contribution in [2.24, 2.45) is 0 Å². The van der Waals surface area contributed by atoms with Gasteiger partial charge in [-0.25, -0.2) is 8.42 Å². The first-order chi connectivity index (χ1) is 18.7. The average molecular weight is 568 g/mol. The SMILES string of the molecule is CCCNC(=O)[C@H](C)N(CCc1ccccc1)C(=O)CN(c1ccc(C)cc1)S(=O)(=O)c1ccc(SC)cc1. The van der Waals surface area contributed by atoms with E-state index in [1.807, 2.05) is 62.6 Å². The van der Waals surface area contributed by atoms with Crippen LogP contribution in [0.5, 0.6) is 0 Å². The van der Waals surface area contributed by atoms with E-state index in [4.69, 9.17) is 0 Å². The fourth-order valence-corrected chi connectivity index (χ4v) is 5.90. The Bertz CT molecular complexity index is 1330. The minimum absolute atomic E-state index is 0.0956.